The molecule has 81 heavy (non-hydrogen) atoms. The second-order valence-electron chi connectivity index (χ2n) is 25.0. The maximum atomic E-state index is 12.4. The fraction of sp³-hybridized carbons (Fsp3) is 0.868. The molecule has 0 aromatic rings. The van der Waals surface area contributed by atoms with E-state index in [0.717, 1.165) is 57.8 Å². The Morgan fingerprint density at radius 3 is 0.802 bits per heavy atom. The summed E-state index contributed by atoms with van der Waals surface area (Å²) in [6, 6.07) is 0. The van der Waals surface area contributed by atoms with Crippen LogP contribution in [0.2, 0.25) is 0 Å². The molecular formula is C76H142O5. The molecule has 1 atom stereocenters. The summed E-state index contributed by atoms with van der Waals surface area (Å²) in [6.45, 7) is 4.09. The van der Waals surface area contributed by atoms with Gasteiger partial charge < -0.3 is 14.6 Å². The van der Waals surface area contributed by atoms with Crippen LogP contribution in [0.25, 0.3) is 0 Å². The number of ether oxygens (including phenoxy) is 2. The Labute approximate surface area is 507 Å². The van der Waals surface area contributed by atoms with E-state index in [4.69, 9.17) is 9.47 Å². The number of hydrogen-bond donors (Lipinski definition) is 1. The fourth-order valence-corrected chi connectivity index (χ4v) is 11.4. The first-order valence-corrected chi connectivity index (χ1v) is 36.7. The lowest BCUT2D eigenvalue weighted by Crippen LogP contribution is -2.28. The van der Waals surface area contributed by atoms with Gasteiger partial charge in [0.05, 0.1) is 6.61 Å². The van der Waals surface area contributed by atoms with Crippen molar-refractivity contribution in [1.29, 1.82) is 0 Å². The van der Waals surface area contributed by atoms with E-state index in [1.54, 1.807) is 0 Å². The van der Waals surface area contributed by atoms with E-state index in [-0.39, 0.29) is 25.2 Å². The first-order chi connectivity index (χ1) is 40.1. The van der Waals surface area contributed by atoms with Gasteiger partial charge in [0, 0.05) is 12.8 Å². The summed E-state index contributed by atoms with van der Waals surface area (Å²) < 4.78 is 10.8. The second kappa shape index (κ2) is 72.1. The van der Waals surface area contributed by atoms with Crippen molar-refractivity contribution in [3.8, 4) is 0 Å². The number of esters is 2. The maximum absolute atomic E-state index is 12.4. The Morgan fingerprint density at radius 2 is 0.531 bits per heavy atom. The minimum Gasteiger partial charge on any atom is -0.462 e. The predicted molar refractivity (Wildman–Crippen MR) is 357 cm³/mol. The van der Waals surface area contributed by atoms with Crippen molar-refractivity contribution in [2.24, 2.45) is 0 Å². The Bertz CT molecular complexity index is 1330. The monoisotopic (exact) mass is 1140 g/mol. The summed E-state index contributed by atoms with van der Waals surface area (Å²) in [5.41, 5.74) is 0. The van der Waals surface area contributed by atoms with Gasteiger partial charge in [-0.2, -0.15) is 0 Å². The van der Waals surface area contributed by atoms with Gasteiger partial charge in [0.15, 0.2) is 6.10 Å². The van der Waals surface area contributed by atoms with Crippen LogP contribution in [-0.4, -0.2) is 36.4 Å². The number of hydrogen-bond acceptors (Lipinski definition) is 5. The molecule has 5 heteroatoms. The van der Waals surface area contributed by atoms with E-state index >= 15 is 0 Å². The molecule has 1 unspecified atom stereocenters. The number of carbonyl (C=O) groups excluding carboxylic acids is 2. The normalized spacial score (nSPS) is 12.4. The average Bonchev–Trinajstić information content (AvgIpc) is 3.47. The van der Waals surface area contributed by atoms with E-state index in [1.165, 1.54) is 321 Å². The highest BCUT2D eigenvalue weighted by molar-refractivity contribution is 5.70. The number of allylic oxidation sites excluding steroid dienone is 8. The molecule has 1 N–H and O–H groups in total. The lowest BCUT2D eigenvalue weighted by molar-refractivity contribution is -0.161. The third kappa shape index (κ3) is 70.3. The molecule has 476 valence electrons. The van der Waals surface area contributed by atoms with Gasteiger partial charge in [0.2, 0.25) is 0 Å². The molecule has 0 saturated heterocycles. The number of unbranched alkanes of at least 4 members (excludes halogenated alkanes) is 53. The van der Waals surface area contributed by atoms with Gasteiger partial charge in [0.25, 0.3) is 0 Å². The van der Waals surface area contributed by atoms with Gasteiger partial charge in [-0.25, -0.2) is 0 Å². The van der Waals surface area contributed by atoms with Gasteiger partial charge in [-0.3, -0.25) is 9.59 Å². The molecule has 0 spiro atoms. The summed E-state index contributed by atoms with van der Waals surface area (Å²) in [5.74, 6) is -0.566. The Balaban J connectivity index is 3.37. The van der Waals surface area contributed by atoms with Crippen LogP contribution in [0.1, 0.15) is 406 Å². The van der Waals surface area contributed by atoms with Crippen LogP contribution in [0.4, 0.5) is 0 Å². The van der Waals surface area contributed by atoms with Crippen LogP contribution < -0.4 is 0 Å². The van der Waals surface area contributed by atoms with Gasteiger partial charge in [0.1, 0.15) is 6.61 Å². The highest BCUT2D eigenvalue weighted by Gasteiger charge is 2.16. The lowest BCUT2D eigenvalue weighted by Gasteiger charge is -2.15. The molecule has 0 aliphatic carbocycles. The van der Waals surface area contributed by atoms with Crippen molar-refractivity contribution in [1.82, 2.24) is 0 Å². The first-order valence-electron chi connectivity index (χ1n) is 36.7. The molecule has 0 aromatic heterocycles. The van der Waals surface area contributed by atoms with Crippen LogP contribution >= 0.6 is 0 Å². The van der Waals surface area contributed by atoms with E-state index < -0.39 is 6.10 Å². The number of rotatable bonds is 69. The third-order valence-corrected chi connectivity index (χ3v) is 16.9. The lowest BCUT2D eigenvalue weighted by atomic mass is 10.0. The molecular weight excluding hydrogens is 993 g/mol. The second-order valence-corrected chi connectivity index (χ2v) is 25.0. The van der Waals surface area contributed by atoms with Gasteiger partial charge in [-0.15, -0.1) is 0 Å². The smallest absolute Gasteiger partial charge is 0.306 e. The van der Waals surface area contributed by atoms with Crippen LogP contribution in [0.15, 0.2) is 48.6 Å². The summed E-state index contributed by atoms with van der Waals surface area (Å²) >= 11 is 0. The summed E-state index contributed by atoms with van der Waals surface area (Å²) in [7, 11) is 0. The molecule has 0 saturated carbocycles. The molecule has 0 aromatic carbocycles. The molecule has 0 heterocycles. The highest BCUT2D eigenvalue weighted by Crippen LogP contribution is 2.20. The van der Waals surface area contributed by atoms with Gasteiger partial charge >= 0.3 is 11.9 Å². The molecule has 0 fully saturated rings. The summed E-state index contributed by atoms with van der Waals surface area (Å²) in [4.78, 5) is 24.7. The zero-order chi connectivity index (χ0) is 58.4. The molecule has 0 aliphatic heterocycles. The molecule has 0 aliphatic rings. The van der Waals surface area contributed by atoms with Gasteiger partial charge in [-0.05, 0) is 51.4 Å². The standard InChI is InChI=1S/C76H142O5/c1-3-5-7-9-11-13-15-17-19-21-23-25-27-29-31-33-35-36-37-38-39-41-42-44-46-48-50-52-54-56-58-60-62-64-66-68-70-75(78)80-73-74(72-77)81-76(79)71-69-67-65-63-61-59-57-55-53-51-49-47-45-43-40-34-32-30-28-26-24-22-20-18-16-14-12-10-8-6-4-2/h6,8,12,14,18,20,24,26,74,77H,3-5,7,9-11,13,15-17,19,21-23,25,27-73H2,1-2H3/b8-6-,14-12-,20-18-,26-24-. The Hall–Kier alpha value is -2.14. The van der Waals surface area contributed by atoms with Crippen LogP contribution in [0, 0.1) is 0 Å². The topological polar surface area (TPSA) is 72.8 Å². The van der Waals surface area contributed by atoms with Crippen LogP contribution in [0.3, 0.4) is 0 Å². The van der Waals surface area contributed by atoms with Crippen molar-refractivity contribution in [2.45, 2.75) is 412 Å². The molecule has 5 nitrogen and oxygen atoms in total. The van der Waals surface area contributed by atoms with Crippen molar-refractivity contribution < 1.29 is 24.2 Å². The maximum Gasteiger partial charge on any atom is 0.306 e. The van der Waals surface area contributed by atoms with Crippen molar-refractivity contribution in [3.05, 3.63) is 48.6 Å². The van der Waals surface area contributed by atoms with E-state index in [2.05, 4.69) is 62.5 Å². The number of aliphatic hydroxyl groups excluding tert-OH is 1. The van der Waals surface area contributed by atoms with Crippen LogP contribution in [-0.2, 0) is 19.1 Å². The fourth-order valence-electron chi connectivity index (χ4n) is 11.4. The molecule has 0 amide bonds. The Kier molecular flexibility index (Phi) is 70.2. The average molecular weight is 1140 g/mol. The van der Waals surface area contributed by atoms with Crippen molar-refractivity contribution in [3.63, 3.8) is 0 Å². The van der Waals surface area contributed by atoms with E-state index in [1.807, 2.05) is 0 Å². The van der Waals surface area contributed by atoms with Crippen LogP contribution in [0.5, 0.6) is 0 Å². The molecule has 0 rings (SSSR count). The predicted octanol–water partition coefficient (Wildman–Crippen LogP) is 25.5. The largest absolute Gasteiger partial charge is 0.462 e. The number of carbonyl (C=O) groups is 2. The van der Waals surface area contributed by atoms with E-state index in [9.17, 15) is 14.7 Å². The molecule has 0 radical (unpaired) electrons. The first kappa shape index (κ1) is 78.9. The van der Waals surface area contributed by atoms with Crippen molar-refractivity contribution in [2.75, 3.05) is 13.2 Å². The zero-order valence-corrected chi connectivity index (χ0v) is 54.8. The minimum absolute atomic E-state index is 0.0598. The minimum atomic E-state index is -0.771. The number of aliphatic hydroxyl groups is 1. The molecule has 0 bridgehead atoms. The zero-order valence-electron chi connectivity index (χ0n) is 54.8. The highest BCUT2D eigenvalue weighted by atomic mass is 16.6. The summed E-state index contributed by atoms with van der Waals surface area (Å²) in [6.07, 6.45) is 97.5. The third-order valence-electron chi connectivity index (χ3n) is 16.9. The van der Waals surface area contributed by atoms with Crippen molar-refractivity contribution >= 4 is 11.9 Å². The van der Waals surface area contributed by atoms with E-state index in [0.29, 0.717) is 12.8 Å². The Morgan fingerprint density at radius 1 is 0.296 bits per heavy atom. The quantitative estimate of drug-likeness (QED) is 0.0373. The van der Waals surface area contributed by atoms with Gasteiger partial charge in [-0.1, -0.05) is 390 Å². The summed E-state index contributed by atoms with van der Waals surface area (Å²) in [5, 5.41) is 9.71. The SMILES string of the molecule is CC/C=C\C/C=C\C/C=C\C/C=C\CCCCCCCCCCCCCCCCCCCCC(=O)OC(CO)COC(=O)CCCCCCCCCCCCCCCCCCCCCCCCCCCCCCCCCCCCCC.